The second-order valence-corrected chi connectivity index (χ2v) is 17.2. The molecule has 4 amide bonds. The molecule has 0 radical (unpaired) electrons. The molecule has 4 aliphatic rings. The lowest BCUT2D eigenvalue weighted by molar-refractivity contribution is -0.141. The minimum Gasteiger partial charge on any atom is -0.471 e. The van der Waals surface area contributed by atoms with Crippen molar-refractivity contribution in [3.63, 3.8) is 0 Å². The number of sulfonamides is 1. The molecule has 0 spiro atoms. The van der Waals surface area contributed by atoms with E-state index in [2.05, 4.69) is 35.3 Å². The monoisotopic (exact) mass is 762 g/mol. The number of halogens is 1. The summed E-state index contributed by atoms with van der Waals surface area (Å²) in [5, 5.41) is 5.65. The van der Waals surface area contributed by atoms with E-state index < -0.39 is 73.9 Å². The first-order chi connectivity index (χ1) is 25.7. The molecule has 2 aliphatic carbocycles. The maximum absolute atomic E-state index is 14.5. The molecule has 3 N–H and O–H groups in total. The third kappa shape index (κ3) is 7.50. The van der Waals surface area contributed by atoms with Crippen molar-refractivity contribution < 1.29 is 36.7 Å². The van der Waals surface area contributed by atoms with Gasteiger partial charge in [-0.1, -0.05) is 25.0 Å². The minimum atomic E-state index is -4.01. The van der Waals surface area contributed by atoms with Crippen molar-refractivity contribution in [2.45, 2.75) is 107 Å². The average molecular weight is 763 g/mol. The molecule has 0 bridgehead atoms. The van der Waals surface area contributed by atoms with Crippen molar-refractivity contribution in [1.29, 1.82) is 0 Å². The quantitative estimate of drug-likeness (QED) is 0.299. The average Bonchev–Trinajstić information content (AvgIpc) is 4.01. The fourth-order valence-corrected chi connectivity index (χ4v) is 8.37. The zero-order chi connectivity index (χ0) is 38.4. The first-order valence-electron chi connectivity index (χ1n) is 18.2. The number of rotatable bonds is 7. The van der Waals surface area contributed by atoms with Crippen LogP contribution < -0.4 is 20.1 Å². The van der Waals surface area contributed by atoms with Crippen LogP contribution in [0.2, 0.25) is 0 Å². The second-order valence-electron chi connectivity index (χ2n) is 15.0. The summed E-state index contributed by atoms with van der Waals surface area (Å²) in [6.07, 6.45) is 9.74. The van der Waals surface area contributed by atoms with E-state index in [1.165, 1.54) is 35.5 Å². The Balaban J connectivity index is 1.20. The molecular formula is C37H43FN8O7S. The van der Waals surface area contributed by atoms with Crippen molar-refractivity contribution in [1.82, 2.24) is 40.2 Å². The highest BCUT2D eigenvalue weighted by molar-refractivity contribution is 7.91. The Morgan fingerprint density at radius 2 is 1.85 bits per heavy atom. The molecule has 5 atom stereocenters. The Bertz CT molecular complexity index is 2150. The third-order valence-electron chi connectivity index (χ3n) is 10.8. The van der Waals surface area contributed by atoms with E-state index in [-0.39, 0.29) is 42.9 Å². The highest BCUT2D eigenvalue weighted by Gasteiger charge is 2.63. The van der Waals surface area contributed by atoms with Gasteiger partial charge in [0.25, 0.3) is 11.8 Å². The molecular weight excluding hydrogens is 720 g/mol. The van der Waals surface area contributed by atoms with Gasteiger partial charge in [0, 0.05) is 24.6 Å². The Morgan fingerprint density at radius 1 is 1.06 bits per heavy atom. The van der Waals surface area contributed by atoms with E-state index in [0.717, 1.165) is 12.8 Å². The predicted molar refractivity (Wildman–Crippen MR) is 193 cm³/mol. The lowest BCUT2D eigenvalue weighted by atomic mass is 10.0. The SMILES string of the molecule is Cc1cnc(C(=O)N[C@H]2CCCCC/C=C\C3C[C@@]3(C(=O)NS(=O)(=O)C3(C)CC3)NC(=O)[C@@H]3C[C@@H](Oc4nc5cc(F)ccc5nc4C)CN3C2=O)cn1. The number of carbonyl (C=O) groups excluding carboxylic acids is 4. The number of allylic oxidation sites excluding steroid dienone is 1. The van der Waals surface area contributed by atoms with Crippen molar-refractivity contribution in [3.8, 4) is 5.88 Å². The topological polar surface area (TPSA) is 203 Å². The molecule has 1 unspecified atom stereocenters. The van der Waals surface area contributed by atoms with Gasteiger partial charge in [0.15, 0.2) is 0 Å². The van der Waals surface area contributed by atoms with Crippen LogP contribution in [0.15, 0.2) is 42.7 Å². The number of nitrogens with one attached hydrogen (secondary N) is 3. The summed E-state index contributed by atoms with van der Waals surface area (Å²) in [5.41, 5.74) is 0.212. The highest BCUT2D eigenvalue weighted by atomic mass is 32.2. The molecule has 54 heavy (non-hydrogen) atoms. The number of benzene rings is 1. The first kappa shape index (κ1) is 37.3. The van der Waals surface area contributed by atoms with Crippen molar-refractivity contribution >= 4 is 44.7 Å². The summed E-state index contributed by atoms with van der Waals surface area (Å²) in [4.78, 5) is 74.6. The fourth-order valence-electron chi connectivity index (χ4n) is 7.06. The van der Waals surface area contributed by atoms with Gasteiger partial charge in [-0.3, -0.25) is 28.9 Å². The lowest BCUT2D eigenvalue weighted by Gasteiger charge is -2.30. The van der Waals surface area contributed by atoms with E-state index in [1.807, 2.05) is 12.2 Å². The zero-order valence-electron chi connectivity index (χ0n) is 30.3. The molecule has 1 saturated heterocycles. The van der Waals surface area contributed by atoms with Crippen LogP contribution in [-0.2, 0) is 24.4 Å². The van der Waals surface area contributed by atoms with Crippen LogP contribution in [0.3, 0.4) is 0 Å². The fraction of sp³-hybridized carbons (Fsp3) is 0.514. The number of nitrogens with zero attached hydrogens (tertiary/aromatic N) is 5. The van der Waals surface area contributed by atoms with Crippen LogP contribution in [0.5, 0.6) is 5.88 Å². The predicted octanol–water partition coefficient (Wildman–Crippen LogP) is 2.72. The van der Waals surface area contributed by atoms with Crippen molar-refractivity contribution in [3.05, 3.63) is 65.6 Å². The van der Waals surface area contributed by atoms with Gasteiger partial charge in [-0.2, -0.15) is 0 Å². The van der Waals surface area contributed by atoms with Crippen LogP contribution in [0.25, 0.3) is 11.0 Å². The molecule has 1 aromatic carbocycles. The zero-order valence-corrected chi connectivity index (χ0v) is 31.1. The van der Waals surface area contributed by atoms with E-state index in [0.29, 0.717) is 42.6 Å². The molecule has 17 heteroatoms. The number of hydrogen-bond acceptors (Lipinski definition) is 11. The van der Waals surface area contributed by atoms with Crippen LogP contribution in [-0.4, -0.2) is 91.9 Å². The molecule has 4 heterocycles. The van der Waals surface area contributed by atoms with Crippen molar-refractivity contribution in [2.75, 3.05) is 6.54 Å². The Morgan fingerprint density at radius 3 is 2.59 bits per heavy atom. The molecule has 2 aromatic heterocycles. The normalized spacial score (nSPS) is 27.4. The molecule has 2 aliphatic heterocycles. The molecule has 3 aromatic rings. The molecule has 15 nitrogen and oxygen atoms in total. The number of aromatic nitrogens is 4. The Labute approximate surface area is 312 Å². The van der Waals surface area contributed by atoms with Gasteiger partial charge < -0.3 is 20.3 Å². The van der Waals surface area contributed by atoms with Crippen LogP contribution in [0, 0.1) is 25.6 Å². The van der Waals surface area contributed by atoms with Gasteiger partial charge >= 0.3 is 0 Å². The first-order valence-corrected chi connectivity index (χ1v) is 19.7. The van der Waals surface area contributed by atoms with Crippen LogP contribution in [0.1, 0.15) is 86.6 Å². The summed E-state index contributed by atoms with van der Waals surface area (Å²) >= 11 is 0. The maximum Gasteiger partial charge on any atom is 0.272 e. The Kier molecular flexibility index (Phi) is 9.87. The molecule has 3 fully saturated rings. The van der Waals surface area contributed by atoms with E-state index in [4.69, 9.17) is 4.74 Å². The van der Waals surface area contributed by atoms with Gasteiger partial charge in [-0.15, -0.1) is 0 Å². The number of hydrogen-bond donors (Lipinski definition) is 3. The van der Waals surface area contributed by atoms with E-state index >= 15 is 0 Å². The molecule has 7 rings (SSSR count). The number of fused-ring (bicyclic) bond motifs is 3. The Hall–Kier alpha value is -5.06. The summed E-state index contributed by atoms with van der Waals surface area (Å²) in [6.45, 7) is 4.89. The summed E-state index contributed by atoms with van der Waals surface area (Å²) in [6, 6.07) is 1.78. The number of aryl methyl sites for hydroxylation is 2. The van der Waals surface area contributed by atoms with Crippen LogP contribution >= 0.6 is 0 Å². The standard InChI is InChI=1S/C37H43FN8O7S/c1-21-18-40-29(19-39-21)31(47)42-27-10-8-6-4-5-7-9-23-17-37(23,35(50)45-54(51,52)36(3)13-14-36)44-32(48)30-16-25(20-46(30)34(27)49)53-33-22(2)41-26-12-11-24(38)15-28(26)43-33/h7,9,11-12,15,18-19,23,25,27,30H,4-6,8,10,13-14,16-17,20H2,1-3H3,(H,42,47)(H,44,48)(H,45,50)/b9-7-/t23?,25-,27+,30+,37-/m1/s1. The van der Waals surface area contributed by atoms with Gasteiger partial charge in [-0.25, -0.2) is 27.8 Å². The summed E-state index contributed by atoms with van der Waals surface area (Å²) in [5.74, 6) is -3.53. The van der Waals surface area contributed by atoms with E-state index in [9.17, 15) is 32.0 Å². The van der Waals surface area contributed by atoms with E-state index in [1.54, 1.807) is 20.8 Å². The molecule has 2 saturated carbocycles. The van der Waals surface area contributed by atoms with Gasteiger partial charge in [0.2, 0.25) is 27.7 Å². The number of ether oxygens (including phenoxy) is 1. The maximum atomic E-state index is 14.5. The van der Waals surface area contributed by atoms with Crippen LogP contribution in [0.4, 0.5) is 4.39 Å². The lowest BCUT2D eigenvalue weighted by Crippen LogP contribution is -2.58. The largest absolute Gasteiger partial charge is 0.471 e. The summed E-state index contributed by atoms with van der Waals surface area (Å²) in [7, 11) is -4.01. The van der Waals surface area contributed by atoms with Gasteiger partial charge in [-0.05, 0) is 71.4 Å². The highest BCUT2D eigenvalue weighted by Crippen LogP contribution is 2.47. The summed E-state index contributed by atoms with van der Waals surface area (Å²) < 4.78 is 47.7. The van der Waals surface area contributed by atoms with Gasteiger partial charge in [0.1, 0.15) is 40.9 Å². The third-order valence-corrected chi connectivity index (χ3v) is 13.0. The number of carbonyl (C=O) groups is 4. The van der Waals surface area contributed by atoms with Crippen molar-refractivity contribution in [2.24, 2.45) is 5.92 Å². The van der Waals surface area contributed by atoms with Gasteiger partial charge in [0.05, 0.1) is 34.2 Å². The smallest absolute Gasteiger partial charge is 0.272 e. The number of amides is 4. The molecule has 286 valence electrons. The second kappa shape index (κ2) is 14.3. The minimum absolute atomic E-state index is 0.0240.